The highest BCUT2D eigenvalue weighted by Crippen LogP contribution is 2.26. The number of hydrogen-bond donors (Lipinski definition) is 1. The first-order chi connectivity index (χ1) is 4.86. The Labute approximate surface area is 60.6 Å². The van der Waals surface area contributed by atoms with Crippen LogP contribution in [0.2, 0.25) is 0 Å². The number of carbonyl (C=O) groups excluding carboxylic acids is 1. The van der Waals surface area contributed by atoms with Crippen LogP contribution in [0.4, 0.5) is 0 Å². The molecule has 2 nitrogen and oxygen atoms in total. The van der Waals surface area contributed by atoms with Gasteiger partial charge in [-0.3, -0.25) is 0 Å². The SMILES string of the molecule is O=CC1CCCC(=CO)C1. The number of aliphatic hydroxyl groups excluding tert-OH is 1. The predicted molar refractivity (Wildman–Crippen MR) is 38.7 cm³/mol. The molecule has 2 heteroatoms. The molecule has 0 amide bonds. The van der Waals surface area contributed by atoms with Gasteiger partial charge >= 0.3 is 0 Å². The van der Waals surface area contributed by atoms with Crippen LogP contribution in [0.5, 0.6) is 0 Å². The number of carbonyl (C=O) groups is 1. The Morgan fingerprint density at radius 1 is 1.60 bits per heavy atom. The third kappa shape index (κ3) is 1.59. The number of aliphatic hydroxyl groups is 1. The summed E-state index contributed by atoms with van der Waals surface area (Å²) in [6, 6.07) is 0. The van der Waals surface area contributed by atoms with Gasteiger partial charge in [0, 0.05) is 5.92 Å². The minimum absolute atomic E-state index is 0.159. The van der Waals surface area contributed by atoms with E-state index >= 15 is 0 Å². The van der Waals surface area contributed by atoms with Gasteiger partial charge in [0.25, 0.3) is 0 Å². The maximum absolute atomic E-state index is 10.3. The largest absolute Gasteiger partial charge is 0.516 e. The maximum atomic E-state index is 10.3. The summed E-state index contributed by atoms with van der Waals surface area (Å²) in [7, 11) is 0. The van der Waals surface area contributed by atoms with E-state index in [1.165, 1.54) is 0 Å². The highest BCUT2D eigenvalue weighted by molar-refractivity contribution is 5.54. The molecule has 1 atom stereocenters. The van der Waals surface area contributed by atoms with Crippen LogP contribution in [0.15, 0.2) is 11.8 Å². The van der Waals surface area contributed by atoms with Crippen LogP contribution in [0.25, 0.3) is 0 Å². The quantitative estimate of drug-likeness (QED) is 0.445. The molecule has 10 heavy (non-hydrogen) atoms. The molecule has 0 aliphatic heterocycles. The second kappa shape index (κ2) is 3.40. The molecule has 56 valence electrons. The molecule has 0 saturated heterocycles. The van der Waals surface area contributed by atoms with Gasteiger partial charge < -0.3 is 9.90 Å². The Morgan fingerprint density at radius 3 is 3.00 bits per heavy atom. The van der Waals surface area contributed by atoms with Crippen molar-refractivity contribution in [1.29, 1.82) is 0 Å². The van der Waals surface area contributed by atoms with Crippen molar-refractivity contribution < 1.29 is 9.90 Å². The van der Waals surface area contributed by atoms with Gasteiger partial charge in [0.1, 0.15) is 6.29 Å². The maximum Gasteiger partial charge on any atom is 0.123 e. The lowest BCUT2D eigenvalue weighted by atomic mass is 9.87. The summed E-state index contributed by atoms with van der Waals surface area (Å²) in [6.45, 7) is 0. The summed E-state index contributed by atoms with van der Waals surface area (Å²) >= 11 is 0. The van der Waals surface area contributed by atoms with E-state index in [-0.39, 0.29) is 5.92 Å². The zero-order chi connectivity index (χ0) is 7.40. The van der Waals surface area contributed by atoms with E-state index in [0.29, 0.717) is 0 Å². The van der Waals surface area contributed by atoms with Gasteiger partial charge in [-0.25, -0.2) is 0 Å². The molecule has 0 heterocycles. The zero-order valence-corrected chi connectivity index (χ0v) is 5.92. The molecular weight excluding hydrogens is 128 g/mol. The van der Waals surface area contributed by atoms with Crippen molar-refractivity contribution in [2.75, 3.05) is 0 Å². The predicted octanol–water partition coefficient (Wildman–Crippen LogP) is 1.82. The Bertz CT molecular complexity index is 149. The number of allylic oxidation sites excluding steroid dienone is 1. The molecular formula is C8H12O2. The Balaban J connectivity index is 2.47. The van der Waals surface area contributed by atoms with Gasteiger partial charge in [0.2, 0.25) is 0 Å². The van der Waals surface area contributed by atoms with Crippen LogP contribution < -0.4 is 0 Å². The first-order valence-electron chi connectivity index (χ1n) is 3.64. The van der Waals surface area contributed by atoms with E-state index < -0.39 is 0 Å². The molecule has 0 aromatic heterocycles. The third-order valence-corrected chi connectivity index (χ3v) is 1.97. The summed E-state index contributed by atoms with van der Waals surface area (Å²) in [5.74, 6) is 0.159. The highest BCUT2D eigenvalue weighted by atomic mass is 16.2. The van der Waals surface area contributed by atoms with Gasteiger partial charge in [-0.05, 0) is 31.3 Å². The molecule has 1 saturated carbocycles. The van der Waals surface area contributed by atoms with Gasteiger partial charge in [0.15, 0.2) is 0 Å². The third-order valence-electron chi connectivity index (χ3n) is 1.97. The molecule has 1 fully saturated rings. The number of rotatable bonds is 1. The lowest BCUT2D eigenvalue weighted by Gasteiger charge is -2.17. The van der Waals surface area contributed by atoms with Crippen LogP contribution in [0, 0.1) is 5.92 Å². The molecule has 1 rings (SSSR count). The Hall–Kier alpha value is -0.790. The van der Waals surface area contributed by atoms with Gasteiger partial charge in [0.05, 0.1) is 6.26 Å². The van der Waals surface area contributed by atoms with E-state index in [9.17, 15) is 4.79 Å². The lowest BCUT2D eigenvalue weighted by Crippen LogP contribution is -2.09. The van der Waals surface area contributed by atoms with E-state index in [4.69, 9.17) is 5.11 Å². The second-order valence-electron chi connectivity index (χ2n) is 2.78. The first kappa shape index (κ1) is 7.32. The van der Waals surface area contributed by atoms with Crippen LogP contribution in [-0.2, 0) is 4.79 Å². The average molecular weight is 140 g/mol. The standard InChI is InChI=1S/C8H12O2/c9-5-7-2-1-3-8(4-7)6-10/h5-7,10H,1-4H2. The van der Waals surface area contributed by atoms with Crippen LogP contribution in [-0.4, -0.2) is 11.4 Å². The number of hydrogen-bond acceptors (Lipinski definition) is 2. The van der Waals surface area contributed by atoms with Crippen molar-refractivity contribution >= 4 is 6.29 Å². The molecule has 0 bridgehead atoms. The van der Waals surface area contributed by atoms with E-state index in [2.05, 4.69) is 0 Å². The fourth-order valence-electron chi connectivity index (χ4n) is 1.37. The van der Waals surface area contributed by atoms with Crippen molar-refractivity contribution in [3.63, 3.8) is 0 Å². The smallest absolute Gasteiger partial charge is 0.123 e. The first-order valence-corrected chi connectivity index (χ1v) is 3.64. The Kier molecular flexibility index (Phi) is 2.49. The Morgan fingerprint density at radius 2 is 2.40 bits per heavy atom. The number of aldehydes is 1. The van der Waals surface area contributed by atoms with Gasteiger partial charge in [-0.15, -0.1) is 0 Å². The van der Waals surface area contributed by atoms with E-state index in [0.717, 1.165) is 43.8 Å². The summed E-state index contributed by atoms with van der Waals surface area (Å²) in [5, 5.41) is 8.63. The summed E-state index contributed by atoms with van der Waals surface area (Å²) in [4.78, 5) is 10.3. The van der Waals surface area contributed by atoms with E-state index in [1.807, 2.05) is 0 Å². The fraction of sp³-hybridized carbons (Fsp3) is 0.625. The molecule has 0 aromatic rings. The van der Waals surface area contributed by atoms with Gasteiger partial charge in [-0.2, -0.15) is 0 Å². The monoisotopic (exact) mass is 140 g/mol. The van der Waals surface area contributed by atoms with E-state index in [1.54, 1.807) is 0 Å². The lowest BCUT2D eigenvalue weighted by molar-refractivity contribution is -0.111. The minimum Gasteiger partial charge on any atom is -0.516 e. The minimum atomic E-state index is 0.159. The average Bonchev–Trinajstić information content (AvgIpc) is 2.05. The molecule has 1 aliphatic carbocycles. The molecule has 1 N–H and O–H groups in total. The molecule has 0 radical (unpaired) electrons. The summed E-state index contributed by atoms with van der Waals surface area (Å²) in [6.07, 6.45) is 5.88. The second-order valence-corrected chi connectivity index (χ2v) is 2.78. The molecule has 0 aromatic carbocycles. The van der Waals surface area contributed by atoms with Crippen molar-refractivity contribution in [3.8, 4) is 0 Å². The highest BCUT2D eigenvalue weighted by Gasteiger charge is 2.15. The summed E-state index contributed by atoms with van der Waals surface area (Å²) < 4.78 is 0. The topological polar surface area (TPSA) is 37.3 Å². The van der Waals surface area contributed by atoms with Crippen LogP contribution in [0.3, 0.4) is 0 Å². The zero-order valence-electron chi connectivity index (χ0n) is 5.92. The van der Waals surface area contributed by atoms with Crippen molar-refractivity contribution in [1.82, 2.24) is 0 Å². The van der Waals surface area contributed by atoms with Crippen molar-refractivity contribution in [2.45, 2.75) is 25.7 Å². The van der Waals surface area contributed by atoms with Gasteiger partial charge in [-0.1, -0.05) is 0 Å². The molecule has 0 spiro atoms. The summed E-state index contributed by atoms with van der Waals surface area (Å²) in [5.41, 5.74) is 1.02. The molecule has 1 aliphatic rings. The molecule has 1 unspecified atom stereocenters. The van der Waals surface area contributed by atoms with Crippen molar-refractivity contribution in [2.24, 2.45) is 5.92 Å². The van der Waals surface area contributed by atoms with Crippen LogP contribution in [0.1, 0.15) is 25.7 Å². The van der Waals surface area contributed by atoms with Crippen molar-refractivity contribution in [3.05, 3.63) is 11.8 Å². The fourth-order valence-corrected chi connectivity index (χ4v) is 1.37. The van der Waals surface area contributed by atoms with Crippen LogP contribution >= 0.6 is 0 Å². The normalized spacial score (nSPS) is 30.4.